The Morgan fingerprint density at radius 2 is 1.76 bits per heavy atom. The Kier molecular flexibility index (Phi) is 6.85. The van der Waals surface area contributed by atoms with E-state index in [2.05, 4.69) is 6.92 Å². The van der Waals surface area contributed by atoms with Crippen molar-refractivity contribution in [1.82, 2.24) is 0 Å². The fourth-order valence-corrected chi connectivity index (χ4v) is 2.41. The van der Waals surface area contributed by atoms with E-state index in [0.29, 0.717) is 12.0 Å². The number of unbranched alkanes of at least 4 members (excludes halogenated alkanes) is 5. The Morgan fingerprint density at radius 1 is 1.14 bits per heavy atom. The second-order valence-corrected chi connectivity index (χ2v) is 5.13. The summed E-state index contributed by atoms with van der Waals surface area (Å²) in [6.45, 7) is 2.16. The summed E-state index contributed by atoms with van der Waals surface area (Å²) in [5, 5.41) is 28.5. The van der Waals surface area contributed by atoms with Crippen LogP contribution in [0.15, 0.2) is 6.07 Å². The van der Waals surface area contributed by atoms with E-state index >= 15 is 0 Å². The van der Waals surface area contributed by atoms with Gasteiger partial charge in [-0.25, -0.2) is 4.79 Å². The van der Waals surface area contributed by atoms with E-state index in [-0.39, 0.29) is 11.3 Å². The molecule has 1 aromatic rings. The fourth-order valence-electron chi connectivity index (χ4n) is 2.41. The van der Waals surface area contributed by atoms with Gasteiger partial charge in [-0.05, 0) is 24.5 Å². The predicted octanol–water partition coefficient (Wildman–Crippen LogP) is 3.71. The molecule has 0 amide bonds. The molecule has 0 aromatic heterocycles. The number of phenols is 2. The molecule has 0 aliphatic rings. The van der Waals surface area contributed by atoms with E-state index < -0.39 is 17.5 Å². The van der Waals surface area contributed by atoms with Gasteiger partial charge in [-0.15, -0.1) is 0 Å². The van der Waals surface area contributed by atoms with Crippen molar-refractivity contribution in [3.63, 3.8) is 0 Å². The number of ether oxygens (including phenoxy) is 1. The van der Waals surface area contributed by atoms with E-state index in [4.69, 9.17) is 9.84 Å². The number of carboxylic acids is 1. The van der Waals surface area contributed by atoms with Gasteiger partial charge in [0, 0.05) is 0 Å². The summed E-state index contributed by atoms with van der Waals surface area (Å²) in [4.78, 5) is 11.2. The van der Waals surface area contributed by atoms with Gasteiger partial charge in [-0.2, -0.15) is 0 Å². The largest absolute Gasteiger partial charge is 0.504 e. The van der Waals surface area contributed by atoms with E-state index in [0.717, 1.165) is 19.3 Å². The summed E-state index contributed by atoms with van der Waals surface area (Å²) in [6.07, 6.45) is 7.33. The van der Waals surface area contributed by atoms with Crippen LogP contribution in [-0.2, 0) is 6.42 Å². The molecule has 0 heterocycles. The highest BCUT2D eigenvalue weighted by Gasteiger charge is 2.23. The third-order valence-electron chi connectivity index (χ3n) is 3.53. The van der Waals surface area contributed by atoms with E-state index in [1.165, 1.54) is 32.4 Å². The van der Waals surface area contributed by atoms with Crippen LogP contribution in [0.25, 0.3) is 0 Å². The molecule has 0 radical (unpaired) electrons. The smallest absolute Gasteiger partial charge is 0.343 e. The molecular formula is C16H24O5. The standard InChI is InChI=1S/C16H24O5/c1-3-4-5-6-7-8-9-11-10-12(17)14(18)13(16(19)20)15(11)21-2/h10,17-18H,3-9H2,1-2H3,(H,19,20). The summed E-state index contributed by atoms with van der Waals surface area (Å²) in [5.41, 5.74) is 0.235. The third-order valence-corrected chi connectivity index (χ3v) is 3.53. The quantitative estimate of drug-likeness (QED) is 0.477. The molecule has 5 heteroatoms. The predicted molar refractivity (Wildman–Crippen MR) is 80.4 cm³/mol. The summed E-state index contributed by atoms with van der Waals surface area (Å²) < 4.78 is 5.12. The van der Waals surface area contributed by atoms with Crippen molar-refractivity contribution in [2.75, 3.05) is 7.11 Å². The highest BCUT2D eigenvalue weighted by Crippen LogP contribution is 2.39. The number of aromatic carboxylic acids is 1. The number of carbonyl (C=O) groups is 1. The van der Waals surface area contributed by atoms with Crippen LogP contribution >= 0.6 is 0 Å². The molecule has 0 unspecified atom stereocenters. The van der Waals surface area contributed by atoms with Crippen LogP contribution < -0.4 is 4.74 Å². The van der Waals surface area contributed by atoms with Crippen LogP contribution in [0.1, 0.15) is 61.4 Å². The number of aromatic hydroxyl groups is 2. The number of carboxylic acid groups (broad SMARTS) is 1. The molecule has 0 aliphatic carbocycles. The van der Waals surface area contributed by atoms with Crippen molar-refractivity contribution in [3.8, 4) is 17.2 Å². The van der Waals surface area contributed by atoms with Gasteiger partial charge >= 0.3 is 5.97 Å². The summed E-state index contributed by atoms with van der Waals surface area (Å²) in [6, 6.07) is 1.38. The zero-order chi connectivity index (χ0) is 15.8. The number of rotatable bonds is 9. The van der Waals surface area contributed by atoms with Crippen LogP contribution in [0.5, 0.6) is 17.2 Å². The van der Waals surface area contributed by atoms with Crippen molar-refractivity contribution in [3.05, 3.63) is 17.2 Å². The average Bonchev–Trinajstić information content (AvgIpc) is 2.45. The van der Waals surface area contributed by atoms with Gasteiger partial charge in [0.25, 0.3) is 0 Å². The number of aryl methyl sites for hydroxylation is 1. The SMILES string of the molecule is CCCCCCCCc1cc(O)c(O)c(C(=O)O)c1OC. The first kappa shape index (κ1) is 17.1. The Bertz CT molecular complexity index is 482. The van der Waals surface area contributed by atoms with Gasteiger partial charge in [0.2, 0.25) is 0 Å². The van der Waals surface area contributed by atoms with E-state index in [9.17, 15) is 15.0 Å². The molecule has 0 fully saturated rings. The van der Waals surface area contributed by atoms with Gasteiger partial charge in [-0.3, -0.25) is 0 Å². The fraction of sp³-hybridized carbons (Fsp3) is 0.562. The van der Waals surface area contributed by atoms with Crippen molar-refractivity contribution >= 4 is 5.97 Å². The zero-order valence-electron chi connectivity index (χ0n) is 12.7. The van der Waals surface area contributed by atoms with Gasteiger partial charge in [-0.1, -0.05) is 39.0 Å². The molecule has 0 bridgehead atoms. The maximum absolute atomic E-state index is 11.2. The second-order valence-electron chi connectivity index (χ2n) is 5.13. The Hall–Kier alpha value is -1.91. The maximum atomic E-state index is 11.2. The van der Waals surface area contributed by atoms with Crippen LogP contribution in [-0.4, -0.2) is 28.4 Å². The lowest BCUT2D eigenvalue weighted by Crippen LogP contribution is -2.04. The Morgan fingerprint density at radius 3 is 2.33 bits per heavy atom. The lowest BCUT2D eigenvalue weighted by molar-refractivity contribution is 0.0689. The third kappa shape index (κ3) is 4.55. The van der Waals surface area contributed by atoms with Gasteiger partial charge in [0.1, 0.15) is 11.3 Å². The molecule has 21 heavy (non-hydrogen) atoms. The van der Waals surface area contributed by atoms with Crippen molar-refractivity contribution in [2.24, 2.45) is 0 Å². The second kappa shape index (κ2) is 8.39. The topological polar surface area (TPSA) is 87.0 Å². The van der Waals surface area contributed by atoms with Gasteiger partial charge in [0.15, 0.2) is 11.5 Å². The first-order chi connectivity index (χ1) is 10.0. The molecule has 0 atom stereocenters. The average molecular weight is 296 g/mol. The molecule has 118 valence electrons. The Labute approximate surface area is 125 Å². The molecule has 1 rings (SSSR count). The van der Waals surface area contributed by atoms with Crippen LogP contribution in [0.2, 0.25) is 0 Å². The van der Waals surface area contributed by atoms with Crippen molar-refractivity contribution < 1.29 is 24.9 Å². The molecule has 0 saturated heterocycles. The van der Waals surface area contributed by atoms with Gasteiger partial charge < -0.3 is 20.1 Å². The number of phenolic OH excluding ortho intramolecular Hbond substituents is 1. The molecule has 0 saturated carbocycles. The molecular weight excluding hydrogens is 272 g/mol. The minimum absolute atomic E-state index is 0.131. The summed E-state index contributed by atoms with van der Waals surface area (Å²) in [7, 11) is 1.36. The normalized spacial score (nSPS) is 10.6. The van der Waals surface area contributed by atoms with Crippen molar-refractivity contribution in [2.45, 2.75) is 51.9 Å². The van der Waals surface area contributed by atoms with Crippen molar-refractivity contribution in [1.29, 1.82) is 0 Å². The van der Waals surface area contributed by atoms with E-state index in [1.807, 2.05) is 0 Å². The van der Waals surface area contributed by atoms with E-state index in [1.54, 1.807) is 0 Å². The Balaban J connectivity index is 2.80. The number of hydrogen-bond donors (Lipinski definition) is 3. The summed E-state index contributed by atoms with van der Waals surface area (Å²) >= 11 is 0. The zero-order valence-corrected chi connectivity index (χ0v) is 12.7. The lowest BCUT2D eigenvalue weighted by atomic mass is 10.0. The van der Waals surface area contributed by atoms with Crippen LogP contribution in [0.3, 0.4) is 0 Å². The first-order valence-electron chi connectivity index (χ1n) is 7.38. The number of methoxy groups -OCH3 is 1. The lowest BCUT2D eigenvalue weighted by Gasteiger charge is -2.14. The highest BCUT2D eigenvalue weighted by molar-refractivity contribution is 5.95. The molecule has 1 aromatic carbocycles. The first-order valence-corrected chi connectivity index (χ1v) is 7.38. The van der Waals surface area contributed by atoms with Crippen LogP contribution in [0.4, 0.5) is 0 Å². The maximum Gasteiger partial charge on any atom is 0.343 e. The monoisotopic (exact) mass is 296 g/mol. The molecule has 3 N–H and O–H groups in total. The van der Waals surface area contributed by atoms with Crippen LogP contribution in [0, 0.1) is 0 Å². The highest BCUT2D eigenvalue weighted by atomic mass is 16.5. The minimum atomic E-state index is -1.32. The molecule has 5 nitrogen and oxygen atoms in total. The van der Waals surface area contributed by atoms with Gasteiger partial charge in [0.05, 0.1) is 7.11 Å². The number of benzene rings is 1. The summed E-state index contributed by atoms with van der Waals surface area (Å²) in [5.74, 6) is -2.25. The molecule has 0 spiro atoms. The number of hydrogen-bond acceptors (Lipinski definition) is 4. The molecule has 0 aliphatic heterocycles. The minimum Gasteiger partial charge on any atom is -0.504 e.